The molecule has 0 unspecified atom stereocenters. The molecule has 3 rings (SSSR count). The number of carbonyl (C=O) groups excluding carboxylic acids is 1. The van der Waals surface area contributed by atoms with E-state index in [2.05, 4.69) is 10.3 Å². The molecule has 0 aliphatic rings. The number of para-hydroxylation sites is 2. The molecule has 1 aromatic carbocycles. The predicted molar refractivity (Wildman–Crippen MR) is 95.8 cm³/mol. The third-order valence-corrected chi connectivity index (χ3v) is 4.59. The van der Waals surface area contributed by atoms with Gasteiger partial charge in [0.1, 0.15) is 12.4 Å². The minimum Gasteiger partial charge on any atom is -0.490 e. The number of hydrogen-bond acceptors (Lipinski definition) is 4. The quantitative estimate of drug-likeness (QED) is 0.710. The van der Waals surface area contributed by atoms with Crippen LogP contribution in [0.1, 0.15) is 22.2 Å². The SMILES string of the molecule is CCc1ccsc1C(=O)Nc1ccccc1OCCn1ccnc1. The number of nitrogens with one attached hydrogen (secondary N) is 1. The van der Waals surface area contributed by atoms with Crippen LogP contribution in [-0.2, 0) is 13.0 Å². The number of aromatic nitrogens is 2. The molecule has 6 heteroatoms. The van der Waals surface area contributed by atoms with E-state index in [-0.39, 0.29) is 5.91 Å². The normalized spacial score (nSPS) is 10.5. The third-order valence-electron chi connectivity index (χ3n) is 3.64. The molecule has 0 spiro atoms. The maximum absolute atomic E-state index is 12.5. The van der Waals surface area contributed by atoms with Crippen molar-refractivity contribution in [2.24, 2.45) is 0 Å². The molecule has 0 aliphatic heterocycles. The van der Waals surface area contributed by atoms with Crippen LogP contribution in [0.15, 0.2) is 54.4 Å². The second kappa shape index (κ2) is 7.79. The zero-order chi connectivity index (χ0) is 16.8. The Morgan fingerprint density at radius 2 is 2.21 bits per heavy atom. The molecule has 0 saturated heterocycles. The molecule has 0 aliphatic carbocycles. The van der Waals surface area contributed by atoms with E-state index >= 15 is 0 Å². The Bertz CT molecular complexity index is 796. The fourth-order valence-corrected chi connectivity index (χ4v) is 3.26. The Balaban J connectivity index is 1.66. The van der Waals surface area contributed by atoms with Gasteiger partial charge in [-0.1, -0.05) is 19.1 Å². The highest BCUT2D eigenvalue weighted by atomic mass is 32.1. The summed E-state index contributed by atoms with van der Waals surface area (Å²) >= 11 is 1.46. The summed E-state index contributed by atoms with van der Waals surface area (Å²) in [4.78, 5) is 17.3. The third kappa shape index (κ3) is 3.83. The van der Waals surface area contributed by atoms with Gasteiger partial charge in [-0.25, -0.2) is 4.98 Å². The number of benzene rings is 1. The number of rotatable bonds is 7. The van der Waals surface area contributed by atoms with Gasteiger partial charge in [-0.05, 0) is 35.6 Å². The van der Waals surface area contributed by atoms with Crippen LogP contribution in [0.4, 0.5) is 5.69 Å². The van der Waals surface area contributed by atoms with Crippen molar-refractivity contribution in [1.82, 2.24) is 9.55 Å². The molecule has 0 radical (unpaired) electrons. The summed E-state index contributed by atoms with van der Waals surface area (Å²) in [6.45, 7) is 3.25. The molecule has 2 aromatic heterocycles. The number of anilines is 1. The van der Waals surface area contributed by atoms with Crippen LogP contribution in [0.5, 0.6) is 5.75 Å². The van der Waals surface area contributed by atoms with E-state index in [1.165, 1.54) is 11.3 Å². The first-order valence-corrected chi connectivity index (χ1v) is 8.71. The molecular formula is C18H19N3O2S. The molecule has 24 heavy (non-hydrogen) atoms. The van der Waals surface area contributed by atoms with Gasteiger partial charge in [0.15, 0.2) is 0 Å². The monoisotopic (exact) mass is 341 g/mol. The molecular weight excluding hydrogens is 322 g/mol. The summed E-state index contributed by atoms with van der Waals surface area (Å²) in [6.07, 6.45) is 6.22. The van der Waals surface area contributed by atoms with E-state index in [4.69, 9.17) is 4.74 Å². The first-order chi connectivity index (χ1) is 11.8. The highest BCUT2D eigenvalue weighted by Crippen LogP contribution is 2.26. The highest BCUT2D eigenvalue weighted by molar-refractivity contribution is 7.12. The van der Waals surface area contributed by atoms with Gasteiger partial charge in [-0.15, -0.1) is 11.3 Å². The van der Waals surface area contributed by atoms with Gasteiger partial charge < -0.3 is 14.6 Å². The molecule has 1 amide bonds. The fraction of sp³-hybridized carbons (Fsp3) is 0.222. The number of carbonyl (C=O) groups is 1. The minimum absolute atomic E-state index is 0.0903. The minimum atomic E-state index is -0.0903. The summed E-state index contributed by atoms with van der Waals surface area (Å²) in [7, 11) is 0. The number of ether oxygens (including phenoxy) is 1. The number of aryl methyl sites for hydroxylation is 1. The summed E-state index contributed by atoms with van der Waals surface area (Å²) in [6, 6.07) is 9.48. The van der Waals surface area contributed by atoms with Crippen LogP contribution < -0.4 is 10.1 Å². The lowest BCUT2D eigenvalue weighted by Crippen LogP contribution is -2.14. The van der Waals surface area contributed by atoms with E-state index in [0.29, 0.717) is 24.6 Å². The van der Waals surface area contributed by atoms with E-state index in [1.54, 1.807) is 12.5 Å². The van der Waals surface area contributed by atoms with Crippen LogP contribution >= 0.6 is 11.3 Å². The van der Waals surface area contributed by atoms with Crippen molar-refractivity contribution in [3.63, 3.8) is 0 Å². The van der Waals surface area contributed by atoms with Crippen LogP contribution in [0.2, 0.25) is 0 Å². The second-order valence-electron chi connectivity index (χ2n) is 5.23. The van der Waals surface area contributed by atoms with Crippen molar-refractivity contribution >= 4 is 22.9 Å². The Hall–Kier alpha value is -2.60. The average molecular weight is 341 g/mol. The summed E-state index contributed by atoms with van der Waals surface area (Å²) in [5.74, 6) is 0.577. The summed E-state index contributed by atoms with van der Waals surface area (Å²) in [5, 5.41) is 4.90. The lowest BCUT2D eigenvalue weighted by atomic mass is 10.2. The molecule has 0 fully saturated rings. The first-order valence-electron chi connectivity index (χ1n) is 7.83. The molecule has 0 bridgehead atoms. The molecule has 3 aromatic rings. The number of amides is 1. The van der Waals surface area contributed by atoms with E-state index < -0.39 is 0 Å². The van der Waals surface area contributed by atoms with Gasteiger partial charge in [-0.2, -0.15) is 0 Å². The smallest absolute Gasteiger partial charge is 0.266 e. The van der Waals surface area contributed by atoms with Crippen LogP contribution in [0.3, 0.4) is 0 Å². The van der Waals surface area contributed by atoms with Gasteiger partial charge in [0.05, 0.1) is 23.4 Å². The molecule has 124 valence electrons. The molecule has 1 N–H and O–H groups in total. The van der Waals surface area contributed by atoms with Crippen LogP contribution in [0.25, 0.3) is 0 Å². The Labute approximate surface area is 144 Å². The number of hydrogen-bond donors (Lipinski definition) is 1. The van der Waals surface area contributed by atoms with Gasteiger partial charge in [-0.3, -0.25) is 4.79 Å². The first kappa shape index (κ1) is 16.3. The second-order valence-corrected chi connectivity index (χ2v) is 6.14. The Morgan fingerprint density at radius 3 is 3.00 bits per heavy atom. The highest BCUT2D eigenvalue weighted by Gasteiger charge is 2.14. The largest absolute Gasteiger partial charge is 0.490 e. The van der Waals surface area contributed by atoms with Gasteiger partial charge in [0.25, 0.3) is 5.91 Å². The predicted octanol–water partition coefficient (Wildman–Crippen LogP) is 3.84. The van der Waals surface area contributed by atoms with Crippen LogP contribution in [0, 0.1) is 0 Å². The van der Waals surface area contributed by atoms with Gasteiger partial charge in [0.2, 0.25) is 0 Å². The number of nitrogens with zero attached hydrogens (tertiary/aromatic N) is 2. The van der Waals surface area contributed by atoms with E-state index in [0.717, 1.165) is 16.9 Å². The molecule has 0 atom stereocenters. The maximum Gasteiger partial charge on any atom is 0.266 e. The lowest BCUT2D eigenvalue weighted by Gasteiger charge is -2.12. The number of imidazole rings is 1. The number of thiophene rings is 1. The maximum atomic E-state index is 12.5. The van der Waals surface area contributed by atoms with Crippen LogP contribution in [-0.4, -0.2) is 22.1 Å². The van der Waals surface area contributed by atoms with Crippen molar-refractivity contribution < 1.29 is 9.53 Å². The fourth-order valence-electron chi connectivity index (χ4n) is 2.37. The van der Waals surface area contributed by atoms with Gasteiger partial charge >= 0.3 is 0 Å². The summed E-state index contributed by atoms with van der Waals surface area (Å²) in [5.41, 5.74) is 1.75. The Morgan fingerprint density at radius 1 is 1.33 bits per heavy atom. The average Bonchev–Trinajstić information content (AvgIpc) is 3.27. The van der Waals surface area contributed by atoms with E-state index in [9.17, 15) is 4.79 Å². The standard InChI is InChI=1S/C18H19N3O2S/c1-2-14-7-12-24-17(14)18(22)20-15-5-3-4-6-16(15)23-11-10-21-9-8-19-13-21/h3-9,12-13H,2,10-11H2,1H3,(H,20,22). The van der Waals surface area contributed by atoms with Crippen molar-refractivity contribution in [3.05, 3.63) is 64.9 Å². The Kier molecular flexibility index (Phi) is 5.28. The molecule has 0 saturated carbocycles. The zero-order valence-electron chi connectivity index (χ0n) is 13.4. The summed E-state index contributed by atoms with van der Waals surface area (Å²) < 4.78 is 7.77. The van der Waals surface area contributed by atoms with Crippen molar-refractivity contribution in [2.45, 2.75) is 19.9 Å². The van der Waals surface area contributed by atoms with Crippen molar-refractivity contribution in [2.75, 3.05) is 11.9 Å². The van der Waals surface area contributed by atoms with E-state index in [1.807, 2.05) is 53.4 Å². The van der Waals surface area contributed by atoms with Crippen molar-refractivity contribution in [3.8, 4) is 5.75 Å². The molecule has 2 heterocycles. The lowest BCUT2D eigenvalue weighted by molar-refractivity contribution is 0.102. The topological polar surface area (TPSA) is 56.1 Å². The van der Waals surface area contributed by atoms with Gasteiger partial charge in [0, 0.05) is 12.4 Å². The molecule has 5 nitrogen and oxygen atoms in total. The zero-order valence-corrected chi connectivity index (χ0v) is 14.3. The van der Waals surface area contributed by atoms with Crippen molar-refractivity contribution in [1.29, 1.82) is 0 Å².